The van der Waals surface area contributed by atoms with Crippen LogP contribution in [0.25, 0.3) is 0 Å². The fourth-order valence-electron chi connectivity index (χ4n) is 2.25. The minimum atomic E-state index is -0.307. The topological polar surface area (TPSA) is 64.9 Å². The number of nitrogens with zero attached hydrogens (tertiary/aromatic N) is 2. The molecule has 0 saturated heterocycles. The summed E-state index contributed by atoms with van der Waals surface area (Å²) in [7, 11) is 0. The van der Waals surface area contributed by atoms with Gasteiger partial charge >= 0.3 is 0 Å². The Hall–Kier alpha value is -2.34. The molecule has 0 bridgehead atoms. The van der Waals surface area contributed by atoms with Crippen molar-refractivity contribution in [3.8, 4) is 5.75 Å². The van der Waals surface area contributed by atoms with E-state index in [0.717, 1.165) is 23.2 Å². The van der Waals surface area contributed by atoms with Crippen LogP contribution >= 0.6 is 15.9 Å². The number of hydrogen-bond acceptors (Lipinski definition) is 4. The Balaban J connectivity index is 2.03. The van der Waals surface area contributed by atoms with Gasteiger partial charge in [0.1, 0.15) is 5.75 Å². The van der Waals surface area contributed by atoms with Crippen molar-refractivity contribution < 1.29 is 9.90 Å². The summed E-state index contributed by atoms with van der Waals surface area (Å²) in [6.07, 6.45) is 1.43. The van der Waals surface area contributed by atoms with Crippen LogP contribution in [-0.2, 0) is 0 Å². The van der Waals surface area contributed by atoms with E-state index in [0.29, 0.717) is 11.1 Å². The quantitative estimate of drug-likeness (QED) is 0.583. The summed E-state index contributed by atoms with van der Waals surface area (Å²) in [5, 5.41) is 14.0. The number of rotatable bonds is 6. The van der Waals surface area contributed by atoms with E-state index in [1.807, 2.05) is 6.07 Å². The molecule has 126 valence electrons. The normalized spacial score (nSPS) is 10.8. The molecular formula is C18H20BrN3O2. The molecule has 0 aliphatic rings. The van der Waals surface area contributed by atoms with Crippen molar-refractivity contribution in [1.82, 2.24) is 5.43 Å². The zero-order valence-electron chi connectivity index (χ0n) is 13.7. The number of aromatic hydroxyl groups is 1. The third-order valence-electron chi connectivity index (χ3n) is 3.62. The number of phenolic OH excluding ortho intramolecular Hbond substituents is 1. The summed E-state index contributed by atoms with van der Waals surface area (Å²) >= 11 is 3.32. The number of carbonyl (C=O) groups excluding carboxylic acids is 1. The Morgan fingerprint density at radius 1 is 1.21 bits per heavy atom. The molecule has 2 N–H and O–H groups in total. The van der Waals surface area contributed by atoms with E-state index < -0.39 is 0 Å². The van der Waals surface area contributed by atoms with Gasteiger partial charge in [0, 0.05) is 40.4 Å². The standard InChI is InChI=1S/C18H20BrN3O2/c1-3-22(4-2)16-10-7-14(17(23)11-16)12-20-21-18(24)13-5-8-15(19)9-6-13/h5-12,23H,3-4H2,1-2H3,(H,21,24)/b20-12-. The van der Waals surface area contributed by atoms with Gasteiger partial charge in [0.05, 0.1) is 6.21 Å². The van der Waals surface area contributed by atoms with E-state index >= 15 is 0 Å². The molecule has 0 saturated carbocycles. The fourth-order valence-corrected chi connectivity index (χ4v) is 2.52. The van der Waals surface area contributed by atoms with Crippen LogP contribution in [0.3, 0.4) is 0 Å². The lowest BCUT2D eigenvalue weighted by Crippen LogP contribution is -2.21. The van der Waals surface area contributed by atoms with Crippen molar-refractivity contribution in [2.45, 2.75) is 13.8 Å². The first-order chi connectivity index (χ1) is 11.5. The molecular weight excluding hydrogens is 370 g/mol. The second-order valence-corrected chi connectivity index (χ2v) is 6.04. The minimum Gasteiger partial charge on any atom is -0.507 e. The molecule has 2 rings (SSSR count). The Morgan fingerprint density at radius 3 is 2.46 bits per heavy atom. The molecule has 0 unspecified atom stereocenters. The summed E-state index contributed by atoms with van der Waals surface area (Å²) < 4.78 is 0.903. The molecule has 0 aliphatic carbocycles. The monoisotopic (exact) mass is 389 g/mol. The molecule has 6 heteroatoms. The molecule has 1 amide bonds. The van der Waals surface area contributed by atoms with Gasteiger partial charge in [-0.15, -0.1) is 0 Å². The number of halogens is 1. The van der Waals surface area contributed by atoms with Crippen molar-refractivity contribution >= 4 is 33.7 Å². The molecule has 0 heterocycles. The van der Waals surface area contributed by atoms with Crippen LogP contribution in [0.5, 0.6) is 5.75 Å². The summed E-state index contributed by atoms with van der Waals surface area (Å²) in [5.41, 5.74) is 4.45. The highest BCUT2D eigenvalue weighted by molar-refractivity contribution is 9.10. The highest BCUT2D eigenvalue weighted by atomic mass is 79.9. The lowest BCUT2D eigenvalue weighted by Gasteiger charge is -2.21. The average molecular weight is 390 g/mol. The Morgan fingerprint density at radius 2 is 1.88 bits per heavy atom. The predicted molar refractivity (Wildman–Crippen MR) is 101 cm³/mol. The molecule has 2 aromatic carbocycles. The number of amides is 1. The second kappa shape index (κ2) is 8.49. The van der Waals surface area contributed by atoms with Crippen LogP contribution in [0.1, 0.15) is 29.8 Å². The molecule has 0 atom stereocenters. The highest BCUT2D eigenvalue weighted by Gasteiger charge is 2.06. The summed E-state index contributed by atoms with van der Waals surface area (Å²) in [6, 6.07) is 12.4. The zero-order chi connectivity index (χ0) is 17.5. The van der Waals surface area contributed by atoms with E-state index in [2.05, 4.69) is 45.2 Å². The molecule has 5 nitrogen and oxygen atoms in total. The molecule has 0 spiro atoms. The van der Waals surface area contributed by atoms with E-state index in [9.17, 15) is 9.90 Å². The van der Waals surface area contributed by atoms with Gasteiger partial charge < -0.3 is 10.0 Å². The van der Waals surface area contributed by atoms with Gasteiger partial charge in [-0.2, -0.15) is 5.10 Å². The van der Waals surface area contributed by atoms with Gasteiger partial charge in [-0.25, -0.2) is 5.43 Å². The van der Waals surface area contributed by atoms with Gasteiger partial charge in [-0.1, -0.05) is 15.9 Å². The zero-order valence-corrected chi connectivity index (χ0v) is 15.2. The van der Waals surface area contributed by atoms with Crippen LogP contribution < -0.4 is 10.3 Å². The van der Waals surface area contributed by atoms with Gasteiger partial charge in [0.2, 0.25) is 0 Å². The third-order valence-corrected chi connectivity index (χ3v) is 4.15. The number of hydrazone groups is 1. The van der Waals surface area contributed by atoms with Crippen molar-refractivity contribution in [3.63, 3.8) is 0 Å². The first-order valence-electron chi connectivity index (χ1n) is 7.72. The molecule has 0 aromatic heterocycles. The minimum absolute atomic E-state index is 0.126. The van der Waals surface area contributed by atoms with Crippen LogP contribution in [0.15, 0.2) is 52.0 Å². The first-order valence-corrected chi connectivity index (χ1v) is 8.51. The average Bonchev–Trinajstić information content (AvgIpc) is 2.58. The molecule has 2 aromatic rings. The SMILES string of the molecule is CCN(CC)c1ccc(/C=N\NC(=O)c2ccc(Br)cc2)c(O)c1. The first kappa shape index (κ1) is 18.0. The number of carbonyl (C=O) groups is 1. The summed E-state index contributed by atoms with van der Waals surface area (Å²) in [5.74, 6) is -0.181. The summed E-state index contributed by atoms with van der Waals surface area (Å²) in [4.78, 5) is 14.1. The molecule has 0 aliphatic heterocycles. The van der Waals surface area contributed by atoms with Gasteiger partial charge in [0.15, 0.2) is 0 Å². The molecule has 0 radical (unpaired) electrons. The lowest BCUT2D eigenvalue weighted by molar-refractivity contribution is 0.0955. The Bertz CT molecular complexity index is 726. The van der Waals surface area contributed by atoms with Crippen LogP contribution in [0.4, 0.5) is 5.69 Å². The Labute approximate surface area is 150 Å². The fraction of sp³-hybridized carbons (Fsp3) is 0.222. The lowest BCUT2D eigenvalue weighted by atomic mass is 10.2. The van der Waals surface area contributed by atoms with Crippen LogP contribution in [0.2, 0.25) is 0 Å². The number of hydrogen-bond donors (Lipinski definition) is 2. The van der Waals surface area contributed by atoms with E-state index in [1.165, 1.54) is 6.21 Å². The molecule has 24 heavy (non-hydrogen) atoms. The van der Waals surface area contributed by atoms with Crippen molar-refractivity contribution in [2.75, 3.05) is 18.0 Å². The maximum absolute atomic E-state index is 11.9. The van der Waals surface area contributed by atoms with Crippen LogP contribution in [-0.4, -0.2) is 30.3 Å². The van der Waals surface area contributed by atoms with Gasteiger partial charge in [0.25, 0.3) is 5.91 Å². The molecule has 0 fully saturated rings. The van der Waals surface area contributed by atoms with E-state index in [-0.39, 0.29) is 11.7 Å². The van der Waals surface area contributed by atoms with Crippen molar-refractivity contribution in [3.05, 3.63) is 58.1 Å². The number of anilines is 1. The van der Waals surface area contributed by atoms with Gasteiger partial charge in [-0.05, 0) is 50.2 Å². The van der Waals surface area contributed by atoms with Crippen molar-refractivity contribution in [1.29, 1.82) is 0 Å². The summed E-state index contributed by atoms with van der Waals surface area (Å²) in [6.45, 7) is 5.86. The smallest absolute Gasteiger partial charge is 0.271 e. The second-order valence-electron chi connectivity index (χ2n) is 5.12. The Kier molecular flexibility index (Phi) is 6.37. The van der Waals surface area contributed by atoms with Crippen molar-refractivity contribution in [2.24, 2.45) is 5.10 Å². The maximum atomic E-state index is 11.9. The maximum Gasteiger partial charge on any atom is 0.271 e. The highest BCUT2D eigenvalue weighted by Crippen LogP contribution is 2.23. The van der Waals surface area contributed by atoms with E-state index in [4.69, 9.17) is 0 Å². The largest absolute Gasteiger partial charge is 0.507 e. The predicted octanol–water partition coefficient (Wildman–Crippen LogP) is 3.76. The number of phenols is 1. The van der Waals surface area contributed by atoms with E-state index in [1.54, 1.807) is 36.4 Å². The van der Waals surface area contributed by atoms with Crippen LogP contribution in [0, 0.1) is 0 Å². The number of benzene rings is 2. The van der Waals surface area contributed by atoms with Gasteiger partial charge in [-0.3, -0.25) is 4.79 Å². The third kappa shape index (κ3) is 4.58. The number of nitrogens with one attached hydrogen (secondary N) is 1.